The van der Waals surface area contributed by atoms with Gasteiger partial charge in [-0.1, -0.05) is 24.3 Å². The minimum absolute atomic E-state index is 0.134. The number of halogens is 1. The maximum Gasteiger partial charge on any atom is 0.353 e. The van der Waals surface area contributed by atoms with E-state index in [1.807, 2.05) is 23.6 Å². The molecule has 28 heavy (non-hydrogen) atoms. The summed E-state index contributed by atoms with van der Waals surface area (Å²) < 4.78 is 9.28. The molecule has 0 unspecified atom stereocenters. The molecular formula is C23H14IO2S2+. The summed E-state index contributed by atoms with van der Waals surface area (Å²) in [7, 11) is -0.134. The van der Waals surface area contributed by atoms with Gasteiger partial charge in [0.05, 0.1) is 0 Å². The molecule has 0 aliphatic rings. The van der Waals surface area contributed by atoms with E-state index in [1.54, 1.807) is 0 Å². The Balaban J connectivity index is 1.53. The van der Waals surface area contributed by atoms with E-state index >= 15 is 0 Å². The topological polar surface area (TPSA) is 26.3 Å². The van der Waals surface area contributed by atoms with Crippen LogP contribution in [0.2, 0.25) is 0 Å². The maximum absolute atomic E-state index is 12.3. The van der Waals surface area contributed by atoms with E-state index in [9.17, 15) is 4.79 Å². The lowest BCUT2D eigenvalue weighted by Crippen LogP contribution is -2.06. The number of carbonyl (C=O) groups is 1. The molecule has 5 rings (SSSR count). The Hall–Kier alpha value is -2.22. The summed E-state index contributed by atoms with van der Waals surface area (Å²) in [6.07, 6.45) is 0. The van der Waals surface area contributed by atoms with Crippen molar-refractivity contribution in [2.24, 2.45) is 0 Å². The van der Waals surface area contributed by atoms with Gasteiger partial charge in [-0.05, 0) is 65.1 Å². The van der Waals surface area contributed by atoms with Crippen molar-refractivity contribution in [1.29, 1.82) is 0 Å². The molecular weight excluding hydrogens is 499 g/mol. The predicted molar refractivity (Wildman–Crippen MR) is 127 cm³/mol. The van der Waals surface area contributed by atoms with Gasteiger partial charge in [-0.3, -0.25) is 0 Å². The van der Waals surface area contributed by atoms with Gasteiger partial charge in [0.15, 0.2) is 14.3 Å². The smallest absolute Gasteiger partial charge is 0.353 e. The van der Waals surface area contributed by atoms with E-state index in [2.05, 4.69) is 83.3 Å². The van der Waals surface area contributed by atoms with Gasteiger partial charge in [-0.25, -0.2) is 4.79 Å². The second-order valence-corrected chi connectivity index (χ2v) is 10.4. The Morgan fingerprint density at radius 2 is 1.46 bits per heavy atom. The molecule has 0 bridgehead atoms. The van der Waals surface area contributed by atoms with Crippen molar-refractivity contribution in [3.8, 4) is 10.6 Å². The fourth-order valence-corrected chi connectivity index (χ4v) is 7.25. The highest BCUT2D eigenvalue weighted by atomic mass is 127. The van der Waals surface area contributed by atoms with Crippen LogP contribution in [0.1, 0.15) is 9.67 Å². The number of benzene rings is 3. The molecule has 5 heteroatoms. The third-order valence-corrected chi connectivity index (χ3v) is 8.83. The van der Waals surface area contributed by atoms with Crippen molar-refractivity contribution >= 4 is 70.5 Å². The van der Waals surface area contributed by atoms with Crippen molar-refractivity contribution < 1.29 is 9.53 Å². The minimum Gasteiger partial charge on any atom is -0.422 e. The number of ether oxygens (including phenoxy) is 1. The summed E-state index contributed by atoms with van der Waals surface area (Å²) in [4.78, 5) is 14.1. The van der Waals surface area contributed by atoms with Crippen LogP contribution in [0.5, 0.6) is 5.75 Å². The number of rotatable bonds is 3. The normalized spacial score (nSPS) is 11.2. The lowest BCUT2D eigenvalue weighted by molar-refractivity contribution is 0.0740. The van der Waals surface area contributed by atoms with Crippen molar-refractivity contribution in [2.45, 2.75) is 0 Å². The Morgan fingerprint density at radius 3 is 2.04 bits per heavy atom. The standard InChI is InChI=1S/C23H14IO2S2/c24-15-13-20(27-14-15)23(25)26-16-9-11-17(12-10-16)28-21-7-3-1-5-18(21)19-6-2-4-8-22(19)28/h1-14H/q+1. The van der Waals surface area contributed by atoms with Gasteiger partial charge < -0.3 is 4.74 Å². The third kappa shape index (κ3) is 3.13. The highest BCUT2D eigenvalue weighted by Gasteiger charge is 2.23. The van der Waals surface area contributed by atoms with Gasteiger partial charge in [0.25, 0.3) is 0 Å². The van der Waals surface area contributed by atoms with Crippen molar-refractivity contribution in [3.63, 3.8) is 0 Å². The molecule has 0 spiro atoms. The molecule has 0 aliphatic heterocycles. The summed E-state index contributed by atoms with van der Waals surface area (Å²) in [5.41, 5.74) is 0. The van der Waals surface area contributed by atoms with Crippen LogP contribution in [-0.2, 0) is 0 Å². The average molecular weight is 513 g/mol. The van der Waals surface area contributed by atoms with E-state index < -0.39 is 0 Å². The minimum atomic E-state index is -0.306. The molecule has 0 aliphatic carbocycles. The molecule has 0 amide bonds. The average Bonchev–Trinajstić information content (AvgIpc) is 3.30. The van der Waals surface area contributed by atoms with Gasteiger partial charge in [0, 0.05) is 42.3 Å². The highest BCUT2D eigenvalue weighted by molar-refractivity contribution is 14.1. The number of hydrogen-bond acceptors (Lipinski definition) is 3. The summed E-state index contributed by atoms with van der Waals surface area (Å²) in [6.45, 7) is 0. The molecule has 136 valence electrons. The van der Waals surface area contributed by atoms with Crippen LogP contribution in [0.4, 0.5) is 0 Å². The Bertz CT molecular complexity index is 1260. The second kappa shape index (κ2) is 7.31. The van der Waals surface area contributed by atoms with Crippen LogP contribution >= 0.6 is 44.4 Å². The van der Waals surface area contributed by atoms with E-state index in [-0.39, 0.29) is 16.4 Å². The lowest BCUT2D eigenvalue weighted by atomic mass is 10.2. The fourth-order valence-electron chi connectivity index (χ4n) is 3.33. The van der Waals surface area contributed by atoms with E-state index in [0.717, 1.165) is 3.57 Å². The molecule has 0 saturated carbocycles. The molecule has 5 aromatic rings. The largest absolute Gasteiger partial charge is 0.422 e. The zero-order chi connectivity index (χ0) is 19.1. The molecule has 3 aromatic carbocycles. The van der Waals surface area contributed by atoms with Crippen molar-refractivity contribution in [1.82, 2.24) is 0 Å². The fraction of sp³-hybridized carbons (Fsp3) is 0. The van der Waals surface area contributed by atoms with Crippen LogP contribution in [0.3, 0.4) is 0 Å². The number of fused-ring (bicyclic) bond motifs is 3. The molecule has 2 nitrogen and oxygen atoms in total. The van der Waals surface area contributed by atoms with Crippen LogP contribution in [0.15, 0.2) is 84.2 Å². The van der Waals surface area contributed by atoms with E-state index in [4.69, 9.17) is 4.74 Å². The third-order valence-electron chi connectivity index (χ3n) is 4.54. The quantitative estimate of drug-likeness (QED) is 0.107. The van der Waals surface area contributed by atoms with E-state index in [0.29, 0.717) is 10.6 Å². The number of thiophene rings is 2. The number of esters is 1. The summed E-state index contributed by atoms with van der Waals surface area (Å²) in [6, 6.07) is 27.0. The molecule has 2 heterocycles. The number of hydrogen-bond donors (Lipinski definition) is 0. The summed E-state index contributed by atoms with van der Waals surface area (Å²) >= 11 is 3.60. The van der Waals surface area contributed by atoms with Gasteiger partial charge in [0.1, 0.15) is 10.6 Å². The highest BCUT2D eigenvalue weighted by Crippen LogP contribution is 2.48. The van der Waals surface area contributed by atoms with Gasteiger partial charge in [-0.2, -0.15) is 0 Å². The summed E-state index contributed by atoms with van der Waals surface area (Å²) in [5, 5.41) is 4.56. The van der Waals surface area contributed by atoms with Gasteiger partial charge in [0.2, 0.25) is 0 Å². The number of carbonyl (C=O) groups excluding carboxylic acids is 1. The predicted octanol–water partition coefficient (Wildman–Crippen LogP) is 7.62. The lowest BCUT2D eigenvalue weighted by Gasteiger charge is -2.02. The first kappa shape index (κ1) is 17.8. The van der Waals surface area contributed by atoms with Crippen molar-refractivity contribution in [2.75, 3.05) is 0 Å². The van der Waals surface area contributed by atoms with Crippen LogP contribution in [0.25, 0.3) is 25.1 Å². The summed E-state index contributed by atoms with van der Waals surface area (Å²) in [5.74, 6) is 0.265. The Labute approximate surface area is 182 Å². The molecule has 0 N–H and O–H groups in total. The van der Waals surface area contributed by atoms with Crippen LogP contribution in [-0.4, -0.2) is 5.97 Å². The Kier molecular flexibility index (Phi) is 4.66. The molecule has 0 atom stereocenters. The molecule has 0 saturated heterocycles. The zero-order valence-electron chi connectivity index (χ0n) is 14.6. The molecule has 2 aromatic heterocycles. The zero-order valence-corrected chi connectivity index (χ0v) is 18.4. The van der Waals surface area contributed by atoms with Crippen molar-refractivity contribution in [3.05, 3.63) is 92.7 Å². The molecule has 0 radical (unpaired) electrons. The van der Waals surface area contributed by atoms with Gasteiger partial charge >= 0.3 is 5.97 Å². The first-order valence-electron chi connectivity index (χ1n) is 8.70. The second-order valence-electron chi connectivity index (χ2n) is 6.29. The maximum atomic E-state index is 12.3. The Morgan fingerprint density at radius 1 is 0.857 bits per heavy atom. The van der Waals surface area contributed by atoms with Gasteiger partial charge in [-0.15, -0.1) is 11.3 Å². The van der Waals surface area contributed by atoms with E-state index in [1.165, 1.54) is 36.4 Å². The van der Waals surface area contributed by atoms with Crippen LogP contribution in [0, 0.1) is 3.57 Å². The monoisotopic (exact) mass is 513 g/mol. The molecule has 0 fully saturated rings. The SMILES string of the molecule is O=C(Oc1ccc(-[s+]2c3ccccc3c3ccccc32)cc1)c1cc(I)cs1. The first-order chi connectivity index (χ1) is 13.7. The first-order valence-corrected chi connectivity index (χ1v) is 11.9. The van der Waals surface area contributed by atoms with Crippen LogP contribution < -0.4 is 4.74 Å².